The molecule has 2 nitrogen and oxygen atoms in total. The second-order valence-electron chi connectivity index (χ2n) is 2.76. The van der Waals surface area contributed by atoms with Crippen LogP contribution in [-0.4, -0.2) is 23.3 Å². The van der Waals surface area contributed by atoms with Crippen molar-refractivity contribution in [3.8, 4) is 0 Å². The molecule has 0 bridgehead atoms. The number of carbonyl (C=O) groups excluding carboxylic acids is 1. The second kappa shape index (κ2) is 2.43. The van der Waals surface area contributed by atoms with Crippen molar-refractivity contribution in [2.45, 2.75) is 0 Å². The van der Waals surface area contributed by atoms with Crippen LogP contribution in [0, 0.1) is 0 Å². The lowest BCUT2D eigenvalue weighted by Crippen LogP contribution is -2.23. The van der Waals surface area contributed by atoms with Crippen LogP contribution >= 0.6 is 8.86 Å². The normalized spacial score (nSPS) is 15.2. The highest BCUT2D eigenvalue weighted by Crippen LogP contribution is 2.21. The molecule has 0 fully saturated rings. The molecule has 1 aliphatic rings. The highest BCUT2D eigenvalue weighted by molar-refractivity contribution is 7.22. The average Bonchev–Trinajstić information content (AvgIpc) is 2.33. The highest BCUT2D eigenvalue weighted by Gasteiger charge is 2.27. The third-order valence-corrected chi connectivity index (χ3v) is 2.66. The maximum Gasteiger partial charge on any atom is 0.258 e. The van der Waals surface area contributed by atoms with Crippen LogP contribution in [0.1, 0.15) is 15.9 Å². The number of fused-ring (bicyclic) bond motifs is 1. The topological polar surface area (TPSA) is 20.3 Å². The molecule has 0 radical (unpaired) electrons. The van der Waals surface area contributed by atoms with Crippen LogP contribution in [0.2, 0.25) is 0 Å². The first-order chi connectivity index (χ1) is 5.72. The molecule has 2 rings (SSSR count). The third-order valence-electron chi connectivity index (χ3n) is 2.05. The molecule has 0 aliphatic carbocycles. The molecule has 0 N–H and O–H groups in total. The van der Waals surface area contributed by atoms with E-state index in [9.17, 15) is 4.79 Å². The van der Waals surface area contributed by atoms with Gasteiger partial charge in [-0.25, -0.2) is 0 Å². The van der Waals surface area contributed by atoms with E-state index in [0.717, 1.165) is 16.5 Å². The first-order valence-electron chi connectivity index (χ1n) is 3.68. The van der Waals surface area contributed by atoms with Crippen molar-refractivity contribution >= 4 is 20.2 Å². The molecule has 0 aromatic heterocycles. The van der Waals surface area contributed by atoms with Gasteiger partial charge in [-0.1, -0.05) is 27.1 Å². The van der Waals surface area contributed by atoms with E-state index in [-0.39, 0.29) is 5.91 Å². The third kappa shape index (κ3) is 0.819. The molecule has 1 aliphatic heterocycles. The quantitative estimate of drug-likeness (QED) is 0.548. The molecule has 12 heavy (non-hydrogen) atoms. The van der Waals surface area contributed by atoms with Gasteiger partial charge in [0.25, 0.3) is 5.91 Å². The lowest BCUT2D eigenvalue weighted by Gasteiger charge is -2.07. The molecule has 1 aromatic carbocycles. The van der Waals surface area contributed by atoms with E-state index in [1.807, 2.05) is 24.3 Å². The first kappa shape index (κ1) is 7.51. The minimum Gasteiger partial charge on any atom is -0.307 e. The largest absolute Gasteiger partial charge is 0.307 e. The van der Waals surface area contributed by atoms with Crippen molar-refractivity contribution in [1.82, 2.24) is 4.90 Å². The van der Waals surface area contributed by atoms with E-state index in [0.29, 0.717) is 0 Å². The van der Waals surface area contributed by atoms with Crippen LogP contribution in [-0.2, 0) is 0 Å². The number of hydrogen-bond donors (Lipinski definition) is 0. The summed E-state index contributed by atoms with van der Waals surface area (Å²) < 4.78 is 0. The first-order valence-corrected chi connectivity index (χ1v) is 4.18. The van der Waals surface area contributed by atoms with Crippen LogP contribution in [0.4, 0.5) is 0 Å². The lowest BCUT2D eigenvalue weighted by atomic mass is 10.1. The minimum atomic E-state index is 0.0515. The Morgan fingerprint density at radius 1 is 1.25 bits per heavy atom. The van der Waals surface area contributed by atoms with Gasteiger partial charge in [-0.2, -0.15) is 0 Å². The van der Waals surface area contributed by atoms with Gasteiger partial charge in [0.1, 0.15) is 0 Å². The fourth-order valence-electron chi connectivity index (χ4n) is 1.34. The number of nitrogens with zero attached hydrogens (tertiary/aromatic N) is 1. The van der Waals surface area contributed by atoms with Gasteiger partial charge in [0, 0.05) is 18.2 Å². The number of hydrogen-bond acceptors (Lipinski definition) is 1. The summed E-state index contributed by atoms with van der Waals surface area (Å²) in [5.41, 5.74) is 2.59. The lowest BCUT2D eigenvalue weighted by molar-refractivity contribution is 0.0884. The van der Waals surface area contributed by atoms with E-state index in [1.54, 1.807) is 11.9 Å². The minimum absolute atomic E-state index is 0.0515. The monoisotopic (exact) mass is 177 g/mol. The van der Waals surface area contributed by atoms with Gasteiger partial charge >= 0.3 is 0 Å². The molecule has 60 valence electrons. The summed E-state index contributed by atoms with van der Waals surface area (Å²) in [6, 6.07) is 7.56. The maximum absolute atomic E-state index is 11.5. The Kier molecular flexibility index (Phi) is 1.52. The highest BCUT2D eigenvalue weighted by atomic mass is 31.0. The van der Waals surface area contributed by atoms with Gasteiger partial charge in [-0.05, 0) is 6.07 Å². The van der Waals surface area contributed by atoms with E-state index < -0.39 is 0 Å². The number of benzene rings is 1. The number of rotatable bonds is 0. The smallest absolute Gasteiger partial charge is 0.258 e. The Balaban J connectivity index is 2.67. The molecular weight excluding hydrogens is 169 g/mol. The van der Waals surface area contributed by atoms with Crippen molar-refractivity contribution in [2.75, 3.05) is 7.05 Å². The van der Waals surface area contributed by atoms with E-state index in [4.69, 9.17) is 0 Å². The van der Waals surface area contributed by atoms with E-state index in [1.165, 1.54) is 0 Å². The molecule has 0 saturated carbocycles. The number of carbonyl (C=O) groups is 1. The Morgan fingerprint density at radius 2 is 1.83 bits per heavy atom. The summed E-state index contributed by atoms with van der Waals surface area (Å²) in [5, 5.41) is 0. The molecule has 1 heterocycles. The maximum atomic E-state index is 11.5. The number of amides is 1. The summed E-state index contributed by atoms with van der Waals surface area (Å²) in [5.74, 6) is 0.0515. The molecule has 0 atom stereocenters. The molecule has 3 heteroatoms. The Morgan fingerprint density at radius 3 is 2.42 bits per heavy atom. The van der Waals surface area contributed by atoms with Gasteiger partial charge in [-0.15, -0.1) is 0 Å². The Labute approximate surface area is 73.0 Å². The summed E-state index contributed by atoms with van der Waals surface area (Å²) in [7, 11) is 5.17. The van der Waals surface area contributed by atoms with Gasteiger partial charge in [0.05, 0.1) is 5.42 Å². The van der Waals surface area contributed by atoms with Crippen LogP contribution in [0.5, 0.6) is 0 Å². The zero-order valence-corrected chi connectivity index (χ0v) is 7.66. The zero-order chi connectivity index (χ0) is 8.72. The fraction of sp³-hybridized carbons (Fsp3) is 0.111. The van der Waals surface area contributed by atoms with Gasteiger partial charge in [0.2, 0.25) is 0 Å². The molecule has 0 unspecified atom stereocenters. The zero-order valence-electron chi connectivity index (χ0n) is 6.66. The summed E-state index contributed by atoms with van der Waals surface area (Å²) in [4.78, 5) is 13.1. The van der Waals surface area contributed by atoms with E-state index in [2.05, 4.69) is 8.86 Å². The fourth-order valence-corrected chi connectivity index (χ4v) is 1.66. The van der Waals surface area contributed by atoms with Crippen molar-refractivity contribution in [3.05, 3.63) is 35.4 Å². The SMILES string of the molecule is CN1C(=O)c2ccccc2C1=P. The van der Waals surface area contributed by atoms with Gasteiger partial charge in [-0.3, -0.25) is 4.79 Å². The summed E-state index contributed by atoms with van der Waals surface area (Å²) in [6.07, 6.45) is 0. The average molecular weight is 177 g/mol. The van der Waals surface area contributed by atoms with E-state index >= 15 is 0 Å². The summed E-state index contributed by atoms with van der Waals surface area (Å²) >= 11 is 0. The molecule has 0 saturated heterocycles. The Hall–Kier alpha value is -1.14. The Bertz CT molecular complexity index is 338. The predicted molar refractivity (Wildman–Crippen MR) is 51.0 cm³/mol. The van der Waals surface area contributed by atoms with Gasteiger partial charge < -0.3 is 4.90 Å². The predicted octanol–water partition coefficient (Wildman–Crippen LogP) is 1.39. The molecule has 1 amide bonds. The second-order valence-corrected chi connectivity index (χ2v) is 3.23. The van der Waals surface area contributed by atoms with Crippen molar-refractivity contribution < 1.29 is 4.79 Å². The molecule has 1 aromatic rings. The van der Waals surface area contributed by atoms with Crippen molar-refractivity contribution in [1.29, 1.82) is 0 Å². The van der Waals surface area contributed by atoms with Gasteiger partial charge in [0.15, 0.2) is 0 Å². The summed E-state index contributed by atoms with van der Waals surface area (Å²) in [6.45, 7) is 0. The molecular formula is C9H8NOP. The van der Waals surface area contributed by atoms with Crippen molar-refractivity contribution in [2.24, 2.45) is 0 Å². The van der Waals surface area contributed by atoms with Crippen LogP contribution < -0.4 is 0 Å². The van der Waals surface area contributed by atoms with Crippen molar-refractivity contribution in [3.63, 3.8) is 0 Å². The standard InChI is InChI=1S/C9H8NOP/c1-10-8(11)6-4-2-3-5-7(6)9(10)12/h2-5,12H,1H3. The van der Waals surface area contributed by atoms with Crippen LogP contribution in [0.3, 0.4) is 0 Å². The van der Waals surface area contributed by atoms with Crippen LogP contribution in [0.25, 0.3) is 0 Å². The molecule has 0 spiro atoms. The van der Waals surface area contributed by atoms with Crippen LogP contribution in [0.15, 0.2) is 24.3 Å².